The maximum Gasteiger partial charge on any atom is 0.0874 e. The number of aryl methyl sites for hydroxylation is 1. The molecule has 2 rings (SSSR count). The van der Waals surface area contributed by atoms with Gasteiger partial charge in [-0.1, -0.05) is 47.5 Å². The van der Waals surface area contributed by atoms with Crippen molar-refractivity contribution in [1.82, 2.24) is 0 Å². The van der Waals surface area contributed by atoms with Crippen molar-refractivity contribution in [3.05, 3.63) is 68.7 Å². The molecule has 2 aromatic carbocycles. The molecule has 3 N–H and O–H groups in total. The second-order valence-electron chi connectivity index (χ2n) is 5.21. The van der Waals surface area contributed by atoms with Crippen LogP contribution >= 0.6 is 23.2 Å². The monoisotopic (exact) mass is 323 g/mol. The SMILES string of the molecule is Cc1cccc(C(O)C(CN)c2c(Cl)cccc2Cl)c1C. The van der Waals surface area contributed by atoms with Crippen LogP contribution in [-0.2, 0) is 0 Å². The number of aliphatic hydroxyl groups is 1. The average molecular weight is 324 g/mol. The number of halogens is 2. The molecule has 112 valence electrons. The molecule has 21 heavy (non-hydrogen) atoms. The van der Waals surface area contributed by atoms with Crippen molar-refractivity contribution in [2.24, 2.45) is 5.73 Å². The summed E-state index contributed by atoms with van der Waals surface area (Å²) in [4.78, 5) is 0. The number of hydrogen-bond donors (Lipinski definition) is 2. The lowest BCUT2D eigenvalue weighted by molar-refractivity contribution is 0.147. The van der Waals surface area contributed by atoms with Crippen LogP contribution in [0.2, 0.25) is 10.0 Å². The van der Waals surface area contributed by atoms with Crippen LogP contribution in [0.1, 0.15) is 34.3 Å². The van der Waals surface area contributed by atoms with E-state index in [0.29, 0.717) is 15.6 Å². The molecule has 2 atom stereocenters. The molecule has 2 nitrogen and oxygen atoms in total. The van der Waals surface area contributed by atoms with E-state index in [2.05, 4.69) is 0 Å². The van der Waals surface area contributed by atoms with Crippen molar-refractivity contribution in [1.29, 1.82) is 0 Å². The van der Waals surface area contributed by atoms with Crippen LogP contribution in [0.4, 0.5) is 0 Å². The molecule has 0 aliphatic heterocycles. The molecule has 0 saturated heterocycles. The number of benzene rings is 2. The zero-order chi connectivity index (χ0) is 15.6. The molecule has 2 aromatic rings. The van der Waals surface area contributed by atoms with Crippen LogP contribution in [-0.4, -0.2) is 11.7 Å². The Hall–Kier alpha value is -1.06. The second kappa shape index (κ2) is 6.80. The van der Waals surface area contributed by atoms with Crippen molar-refractivity contribution < 1.29 is 5.11 Å². The molecule has 0 aliphatic carbocycles. The van der Waals surface area contributed by atoms with Crippen LogP contribution in [0.5, 0.6) is 0 Å². The van der Waals surface area contributed by atoms with E-state index in [9.17, 15) is 5.11 Å². The van der Waals surface area contributed by atoms with Gasteiger partial charge in [0.05, 0.1) is 6.10 Å². The lowest BCUT2D eigenvalue weighted by atomic mass is 9.86. The molecule has 0 bridgehead atoms. The van der Waals surface area contributed by atoms with Crippen LogP contribution in [0.25, 0.3) is 0 Å². The van der Waals surface area contributed by atoms with Gasteiger partial charge in [0, 0.05) is 22.5 Å². The van der Waals surface area contributed by atoms with E-state index in [1.807, 2.05) is 32.0 Å². The molecule has 0 spiro atoms. The van der Waals surface area contributed by atoms with E-state index in [-0.39, 0.29) is 12.5 Å². The Balaban J connectivity index is 2.48. The van der Waals surface area contributed by atoms with Gasteiger partial charge < -0.3 is 10.8 Å². The van der Waals surface area contributed by atoms with Gasteiger partial charge in [-0.25, -0.2) is 0 Å². The molecule has 0 amide bonds. The van der Waals surface area contributed by atoms with Crippen LogP contribution < -0.4 is 5.73 Å². The second-order valence-corrected chi connectivity index (χ2v) is 6.03. The van der Waals surface area contributed by atoms with E-state index >= 15 is 0 Å². The molecule has 0 aliphatic rings. The Labute approximate surface area is 135 Å². The molecule has 0 saturated carbocycles. The summed E-state index contributed by atoms with van der Waals surface area (Å²) in [6, 6.07) is 11.2. The average Bonchev–Trinajstić information content (AvgIpc) is 2.45. The van der Waals surface area contributed by atoms with Crippen LogP contribution in [0.3, 0.4) is 0 Å². The highest BCUT2D eigenvalue weighted by molar-refractivity contribution is 6.36. The van der Waals surface area contributed by atoms with E-state index in [4.69, 9.17) is 28.9 Å². The summed E-state index contributed by atoms with van der Waals surface area (Å²) in [5.74, 6) is -0.341. The lowest BCUT2D eigenvalue weighted by Gasteiger charge is -2.26. The number of nitrogens with two attached hydrogens (primary N) is 1. The Kier molecular flexibility index (Phi) is 5.28. The minimum Gasteiger partial charge on any atom is -0.388 e. The van der Waals surface area contributed by atoms with Gasteiger partial charge >= 0.3 is 0 Å². The van der Waals surface area contributed by atoms with E-state index < -0.39 is 6.10 Å². The third-order valence-electron chi connectivity index (χ3n) is 3.97. The highest BCUT2D eigenvalue weighted by atomic mass is 35.5. The molecular weight excluding hydrogens is 305 g/mol. The third kappa shape index (κ3) is 3.24. The third-order valence-corrected chi connectivity index (χ3v) is 4.63. The highest BCUT2D eigenvalue weighted by Gasteiger charge is 2.26. The van der Waals surface area contributed by atoms with Gasteiger partial charge in [-0.15, -0.1) is 0 Å². The fraction of sp³-hybridized carbons (Fsp3) is 0.294. The largest absolute Gasteiger partial charge is 0.388 e. The summed E-state index contributed by atoms with van der Waals surface area (Å²) in [5.41, 5.74) is 9.65. The summed E-state index contributed by atoms with van der Waals surface area (Å²) in [7, 11) is 0. The normalized spacial score (nSPS) is 14.0. The zero-order valence-corrected chi connectivity index (χ0v) is 13.6. The number of rotatable bonds is 4. The first-order valence-electron chi connectivity index (χ1n) is 6.85. The van der Waals surface area contributed by atoms with Gasteiger partial charge in [0.1, 0.15) is 0 Å². The first-order valence-corrected chi connectivity index (χ1v) is 7.61. The lowest BCUT2D eigenvalue weighted by Crippen LogP contribution is -2.21. The summed E-state index contributed by atoms with van der Waals surface area (Å²) in [6.45, 7) is 4.28. The maximum absolute atomic E-state index is 10.8. The fourth-order valence-electron chi connectivity index (χ4n) is 2.58. The Morgan fingerprint density at radius 3 is 2.19 bits per heavy atom. The van der Waals surface area contributed by atoms with E-state index in [1.165, 1.54) is 0 Å². The Morgan fingerprint density at radius 2 is 1.62 bits per heavy atom. The fourth-order valence-corrected chi connectivity index (χ4v) is 3.26. The summed E-state index contributed by atoms with van der Waals surface area (Å²) < 4.78 is 0. The molecular formula is C17H19Cl2NO. The quantitative estimate of drug-likeness (QED) is 0.876. The van der Waals surface area contributed by atoms with Gasteiger partial charge in [-0.05, 0) is 48.2 Å². The van der Waals surface area contributed by atoms with E-state index in [1.54, 1.807) is 18.2 Å². The van der Waals surface area contributed by atoms with Gasteiger partial charge in [0.2, 0.25) is 0 Å². The Bertz CT molecular complexity index is 622. The maximum atomic E-state index is 10.8. The van der Waals surface area contributed by atoms with Gasteiger partial charge in [-0.3, -0.25) is 0 Å². The zero-order valence-electron chi connectivity index (χ0n) is 12.1. The predicted molar refractivity (Wildman–Crippen MR) is 89.1 cm³/mol. The number of hydrogen-bond acceptors (Lipinski definition) is 2. The van der Waals surface area contributed by atoms with Crippen molar-refractivity contribution in [2.75, 3.05) is 6.54 Å². The first kappa shape index (κ1) is 16.3. The predicted octanol–water partition coefficient (Wildman–Crippen LogP) is 4.39. The summed E-state index contributed by atoms with van der Waals surface area (Å²) >= 11 is 12.5. The highest BCUT2D eigenvalue weighted by Crippen LogP contribution is 2.39. The summed E-state index contributed by atoms with van der Waals surface area (Å²) in [5, 5.41) is 11.9. The standard InChI is InChI=1S/C17H19Cl2NO/c1-10-5-3-6-12(11(10)2)17(21)13(9-20)16-14(18)7-4-8-15(16)19/h3-8,13,17,21H,9,20H2,1-2H3. The van der Waals surface area contributed by atoms with Crippen molar-refractivity contribution in [3.8, 4) is 0 Å². The van der Waals surface area contributed by atoms with Crippen molar-refractivity contribution in [2.45, 2.75) is 25.9 Å². The summed E-state index contributed by atoms with van der Waals surface area (Å²) in [6.07, 6.45) is -0.743. The van der Waals surface area contributed by atoms with Gasteiger partial charge in [0.15, 0.2) is 0 Å². The smallest absolute Gasteiger partial charge is 0.0874 e. The molecule has 0 heterocycles. The topological polar surface area (TPSA) is 46.2 Å². The molecule has 0 aromatic heterocycles. The van der Waals surface area contributed by atoms with E-state index in [0.717, 1.165) is 16.7 Å². The minimum absolute atomic E-state index is 0.262. The van der Waals surface area contributed by atoms with Crippen molar-refractivity contribution >= 4 is 23.2 Å². The van der Waals surface area contributed by atoms with Crippen molar-refractivity contribution in [3.63, 3.8) is 0 Å². The first-order chi connectivity index (χ1) is 9.97. The van der Waals surface area contributed by atoms with Gasteiger partial charge in [-0.2, -0.15) is 0 Å². The van der Waals surface area contributed by atoms with Gasteiger partial charge in [0.25, 0.3) is 0 Å². The Morgan fingerprint density at radius 1 is 1.05 bits per heavy atom. The molecule has 0 radical (unpaired) electrons. The van der Waals surface area contributed by atoms with Crippen LogP contribution in [0, 0.1) is 13.8 Å². The minimum atomic E-state index is -0.743. The molecule has 4 heteroatoms. The number of aliphatic hydroxyl groups excluding tert-OH is 1. The van der Waals surface area contributed by atoms with Crippen LogP contribution in [0.15, 0.2) is 36.4 Å². The molecule has 0 fully saturated rings. The molecule has 2 unspecified atom stereocenters.